The first-order valence-corrected chi connectivity index (χ1v) is 9.67. The average Bonchev–Trinajstić information content (AvgIpc) is 3.15. The third-order valence-electron chi connectivity index (χ3n) is 4.64. The fraction of sp³-hybridized carbons (Fsp3) is 0.471. The minimum absolute atomic E-state index is 0.219. The number of carboxylic acid groups (broad SMARTS) is 1. The number of thiazole rings is 1. The van der Waals surface area contributed by atoms with E-state index >= 15 is 0 Å². The number of thiophene rings is 1. The predicted octanol–water partition coefficient (Wildman–Crippen LogP) is 3.94. The summed E-state index contributed by atoms with van der Waals surface area (Å²) < 4.78 is 0. The Hall–Kier alpha value is -1.73. The molecule has 1 fully saturated rings. The summed E-state index contributed by atoms with van der Waals surface area (Å²) in [5.41, 5.74) is -0.0204. The van der Waals surface area contributed by atoms with Crippen molar-refractivity contribution in [1.82, 2.24) is 10.3 Å². The summed E-state index contributed by atoms with van der Waals surface area (Å²) in [5, 5.41) is 15.3. The molecular formula is C17H20N2O3S2. The van der Waals surface area contributed by atoms with E-state index in [1.54, 1.807) is 11.3 Å². The van der Waals surface area contributed by atoms with Gasteiger partial charge in [-0.1, -0.05) is 18.9 Å². The van der Waals surface area contributed by atoms with Gasteiger partial charge in [0.15, 0.2) is 0 Å². The number of aliphatic carboxylic acids is 1. The van der Waals surface area contributed by atoms with E-state index in [0.29, 0.717) is 23.4 Å². The largest absolute Gasteiger partial charge is 0.481 e. The molecule has 2 N–H and O–H groups in total. The van der Waals surface area contributed by atoms with Gasteiger partial charge >= 0.3 is 5.97 Å². The van der Waals surface area contributed by atoms with Crippen LogP contribution in [-0.2, 0) is 4.79 Å². The molecule has 128 valence electrons. The number of rotatable bonds is 4. The first kappa shape index (κ1) is 17.1. The van der Waals surface area contributed by atoms with E-state index < -0.39 is 17.4 Å². The summed E-state index contributed by atoms with van der Waals surface area (Å²) in [5.74, 6) is -1.60. The molecule has 1 aliphatic carbocycles. The van der Waals surface area contributed by atoms with Crippen LogP contribution in [0.3, 0.4) is 0 Å². The summed E-state index contributed by atoms with van der Waals surface area (Å²) in [4.78, 5) is 30.4. The van der Waals surface area contributed by atoms with E-state index in [1.165, 1.54) is 11.3 Å². The Morgan fingerprint density at radius 3 is 2.88 bits per heavy atom. The molecule has 24 heavy (non-hydrogen) atoms. The fourth-order valence-electron chi connectivity index (χ4n) is 3.31. The van der Waals surface area contributed by atoms with E-state index in [2.05, 4.69) is 10.3 Å². The minimum atomic E-state index is -0.835. The summed E-state index contributed by atoms with van der Waals surface area (Å²) >= 11 is 2.95. The van der Waals surface area contributed by atoms with Gasteiger partial charge in [-0.2, -0.15) is 0 Å². The number of carbonyl (C=O) groups excluding carboxylic acids is 1. The lowest BCUT2D eigenvalue weighted by molar-refractivity contribution is -0.145. The third kappa shape index (κ3) is 3.23. The SMILES string of the molecule is Cc1nc(-c2cccs2)sc1C(=O)NC1(C)CCCCC1C(=O)O. The molecule has 1 aliphatic rings. The van der Waals surface area contributed by atoms with Gasteiger partial charge in [0.05, 0.1) is 22.0 Å². The topological polar surface area (TPSA) is 79.3 Å². The zero-order valence-corrected chi connectivity index (χ0v) is 15.3. The number of hydrogen-bond donors (Lipinski definition) is 2. The number of amides is 1. The monoisotopic (exact) mass is 364 g/mol. The van der Waals surface area contributed by atoms with Gasteiger partial charge in [-0.15, -0.1) is 22.7 Å². The molecule has 3 rings (SSSR count). The Morgan fingerprint density at radius 2 is 2.21 bits per heavy atom. The van der Waals surface area contributed by atoms with E-state index in [0.717, 1.165) is 22.7 Å². The van der Waals surface area contributed by atoms with Crippen LogP contribution in [0.2, 0.25) is 0 Å². The average molecular weight is 364 g/mol. The van der Waals surface area contributed by atoms with E-state index in [9.17, 15) is 14.7 Å². The van der Waals surface area contributed by atoms with Crippen LogP contribution in [0.15, 0.2) is 17.5 Å². The van der Waals surface area contributed by atoms with E-state index in [4.69, 9.17) is 0 Å². The second-order valence-electron chi connectivity index (χ2n) is 6.42. The molecule has 0 spiro atoms. The molecular weight excluding hydrogens is 344 g/mol. The highest BCUT2D eigenvalue weighted by atomic mass is 32.1. The van der Waals surface area contributed by atoms with Crippen LogP contribution in [0, 0.1) is 12.8 Å². The van der Waals surface area contributed by atoms with Crippen molar-refractivity contribution in [2.45, 2.75) is 45.1 Å². The maximum Gasteiger partial charge on any atom is 0.308 e. The van der Waals surface area contributed by atoms with Gasteiger partial charge in [-0.25, -0.2) is 4.98 Å². The van der Waals surface area contributed by atoms with Crippen molar-refractivity contribution in [2.75, 3.05) is 0 Å². The summed E-state index contributed by atoms with van der Waals surface area (Å²) in [6.45, 7) is 3.67. The second-order valence-corrected chi connectivity index (χ2v) is 8.37. The van der Waals surface area contributed by atoms with Crippen molar-refractivity contribution in [3.05, 3.63) is 28.1 Å². The molecule has 0 radical (unpaired) electrons. The lowest BCUT2D eigenvalue weighted by Gasteiger charge is -2.39. The van der Waals surface area contributed by atoms with Crippen LogP contribution in [0.5, 0.6) is 0 Å². The van der Waals surface area contributed by atoms with Crippen LogP contribution < -0.4 is 5.32 Å². The van der Waals surface area contributed by atoms with Gasteiger partial charge in [0, 0.05) is 0 Å². The maximum atomic E-state index is 12.8. The molecule has 2 aromatic heterocycles. The van der Waals surface area contributed by atoms with Crippen molar-refractivity contribution in [1.29, 1.82) is 0 Å². The van der Waals surface area contributed by atoms with Crippen LogP contribution >= 0.6 is 22.7 Å². The maximum absolute atomic E-state index is 12.8. The highest BCUT2D eigenvalue weighted by Gasteiger charge is 2.42. The molecule has 2 atom stereocenters. The number of carboxylic acids is 1. The normalized spacial score (nSPS) is 23.8. The number of hydrogen-bond acceptors (Lipinski definition) is 5. The fourth-order valence-corrected chi connectivity index (χ4v) is 5.07. The van der Waals surface area contributed by atoms with Crippen LogP contribution in [0.4, 0.5) is 0 Å². The van der Waals surface area contributed by atoms with Gasteiger partial charge in [-0.3, -0.25) is 9.59 Å². The summed E-state index contributed by atoms with van der Waals surface area (Å²) in [7, 11) is 0. The molecule has 0 aromatic carbocycles. The molecule has 7 heteroatoms. The summed E-state index contributed by atoms with van der Waals surface area (Å²) in [6, 6.07) is 3.94. The van der Waals surface area contributed by atoms with Crippen molar-refractivity contribution < 1.29 is 14.7 Å². The van der Waals surface area contributed by atoms with Gasteiger partial charge in [0.2, 0.25) is 0 Å². The minimum Gasteiger partial charge on any atom is -0.481 e. The third-order valence-corrected chi connectivity index (χ3v) is 6.84. The Balaban J connectivity index is 1.83. The molecule has 2 heterocycles. The second kappa shape index (κ2) is 6.64. The van der Waals surface area contributed by atoms with Gasteiger partial charge in [-0.05, 0) is 38.1 Å². The quantitative estimate of drug-likeness (QED) is 0.861. The Labute approximate surface area is 148 Å². The van der Waals surface area contributed by atoms with Crippen molar-refractivity contribution in [3.63, 3.8) is 0 Å². The number of nitrogens with one attached hydrogen (secondary N) is 1. The molecule has 2 unspecified atom stereocenters. The molecule has 1 saturated carbocycles. The highest BCUT2D eigenvalue weighted by Crippen LogP contribution is 2.35. The van der Waals surface area contributed by atoms with Crippen molar-refractivity contribution >= 4 is 34.6 Å². The first-order chi connectivity index (χ1) is 11.4. The van der Waals surface area contributed by atoms with E-state index in [1.807, 2.05) is 31.4 Å². The highest BCUT2D eigenvalue weighted by molar-refractivity contribution is 7.22. The lowest BCUT2D eigenvalue weighted by atomic mass is 9.74. The standard InChI is InChI=1S/C17H20N2O3S2/c1-10-13(24-15(18-10)12-7-5-9-23-12)14(20)19-17(2)8-4-3-6-11(17)16(21)22/h5,7,9,11H,3-4,6,8H2,1-2H3,(H,19,20)(H,21,22). The van der Waals surface area contributed by atoms with Crippen LogP contribution in [-0.4, -0.2) is 27.5 Å². The first-order valence-electron chi connectivity index (χ1n) is 7.97. The number of nitrogens with zero attached hydrogens (tertiary/aromatic N) is 1. The van der Waals surface area contributed by atoms with Crippen molar-refractivity contribution in [2.24, 2.45) is 5.92 Å². The van der Waals surface area contributed by atoms with Crippen LogP contribution in [0.25, 0.3) is 9.88 Å². The van der Waals surface area contributed by atoms with Crippen LogP contribution in [0.1, 0.15) is 48.0 Å². The Kier molecular flexibility index (Phi) is 4.73. The van der Waals surface area contributed by atoms with Gasteiger partial charge in [0.1, 0.15) is 9.88 Å². The molecule has 0 bridgehead atoms. The Bertz CT molecular complexity index is 754. The molecule has 0 saturated heterocycles. The van der Waals surface area contributed by atoms with E-state index in [-0.39, 0.29) is 5.91 Å². The van der Waals surface area contributed by atoms with Gasteiger partial charge < -0.3 is 10.4 Å². The molecule has 2 aromatic rings. The predicted molar refractivity (Wildman–Crippen MR) is 95.6 cm³/mol. The lowest BCUT2D eigenvalue weighted by Crippen LogP contribution is -2.55. The Morgan fingerprint density at radius 1 is 1.42 bits per heavy atom. The van der Waals surface area contributed by atoms with Gasteiger partial charge in [0.25, 0.3) is 5.91 Å². The zero-order chi connectivity index (χ0) is 17.3. The molecule has 0 aliphatic heterocycles. The zero-order valence-electron chi connectivity index (χ0n) is 13.7. The molecule has 1 amide bonds. The summed E-state index contributed by atoms with van der Waals surface area (Å²) in [6.07, 6.45) is 3.12. The number of carbonyl (C=O) groups is 2. The van der Waals surface area contributed by atoms with Crippen molar-refractivity contribution in [3.8, 4) is 9.88 Å². The molecule has 5 nitrogen and oxygen atoms in total. The number of aryl methyl sites for hydroxylation is 1. The number of aromatic nitrogens is 1. The smallest absolute Gasteiger partial charge is 0.308 e.